The number of esters is 1. The zero-order valence-corrected chi connectivity index (χ0v) is 12.9. The molecule has 2 rings (SSSR count). The van der Waals surface area contributed by atoms with Crippen LogP contribution < -0.4 is 0 Å². The van der Waals surface area contributed by atoms with Gasteiger partial charge >= 0.3 is 11.2 Å². The van der Waals surface area contributed by atoms with Crippen molar-refractivity contribution in [2.45, 2.75) is 12.8 Å². The van der Waals surface area contributed by atoms with E-state index in [1.54, 1.807) is 24.3 Å². The third-order valence-corrected chi connectivity index (χ3v) is 4.84. The summed E-state index contributed by atoms with van der Waals surface area (Å²) in [6.07, 6.45) is 0.394. The zero-order chi connectivity index (χ0) is 17.4. The molecule has 0 radical (unpaired) electrons. The van der Waals surface area contributed by atoms with Gasteiger partial charge in [0.25, 0.3) is 0 Å². The second kappa shape index (κ2) is 4.94. The molecule has 9 nitrogen and oxygen atoms in total. The molecule has 0 aromatic heterocycles. The van der Waals surface area contributed by atoms with Crippen molar-refractivity contribution >= 4 is 20.6 Å². The van der Waals surface area contributed by atoms with E-state index in [0.717, 1.165) is 5.56 Å². The van der Waals surface area contributed by atoms with Crippen molar-refractivity contribution in [3.05, 3.63) is 46.5 Å². The zero-order valence-electron chi connectivity index (χ0n) is 12.1. The van der Waals surface area contributed by atoms with Crippen LogP contribution in [0.25, 0.3) is 0 Å². The summed E-state index contributed by atoms with van der Waals surface area (Å²) in [4.78, 5) is 22.5. The number of carbonyl (C=O) groups is 2. The van der Waals surface area contributed by atoms with Crippen LogP contribution in [0.1, 0.15) is 22.3 Å². The number of benzene rings is 1. The van der Waals surface area contributed by atoms with Gasteiger partial charge in [0.2, 0.25) is 0 Å². The van der Waals surface area contributed by atoms with Gasteiger partial charge in [0.15, 0.2) is 0 Å². The van der Waals surface area contributed by atoms with Crippen molar-refractivity contribution < 1.29 is 32.5 Å². The number of methoxy groups -OCH3 is 1. The van der Waals surface area contributed by atoms with Crippen LogP contribution in [0.3, 0.4) is 0 Å². The molecule has 0 fully saturated rings. The lowest BCUT2D eigenvalue weighted by Crippen LogP contribution is -2.39. The Hall–Kier alpha value is -2.11. The Morgan fingerprint density at radius 1 is 1.09 bits per heavy atom. The van der Waals surface area contributed by atoms with Crippen LogP contribution in [-0.2, 0) is 11.2 Å². The lowest BCUT2D eigenvalue weighted by molar-refractivity contribution is 0.0600. The van der Waals surface area contributed by atoms with Gasteiger partial charge in [0.05, 0.1) is 23.8 Å². The van der Waals surface area contributed by atoms with Gasteiger partial charge in [-0.2, -0.15) is 5.11 Å². The van der Waals surface area contributed by atoms with Crippen LogP contribution in [0.5, 0.6) is 0 Å². The van der Waals surface area contributed by atoms with E-state index in [1.165, 1.54) is 7.11 Å². The molecule has 0 spiro atoms. The SMILES string of the molecule is COC(=O)c1ccc(CCC2=CS(O)(O)(O)(O)C(=O)N=N2)cc1. The molecule has 1 aliphatic rings. The molecule has 1 aromatic carbocycles. The molecule has 0 atom stereocenters. The van der Waals surface area contributed by atoms with Crippen molar-refractivity contribution in [3.8, 4) is 0 Å². The highest BCUT2D eigenvalue weighted by Crippen LogP contribution is 2.80. The van der Waals surface area contributed by atoms with Gasteiger partial charge in [-0.3, -0.25) is 4.79 Å². The predicted molar refractivity (Wildman–Crippen MR) is 82.5 cm³/mol. The van der Waals surface area contributed by atoms with E-state index in [2.05, 4.69) is 15.0 Å². The first-order valence-electron chi connectivity index (χ1n) is 6.41. The molecule has 1 aliphatic heterocycles. The summed E-state index contributed by atoms with van der Waals surface area (Å²) in [6.45, 7) is 0. The van der Waals surface area contributed by atoms with Gasteiger partial charge < -0.3 is 22.9 Å². The summed E-state index contributed by atoms with van der Waals surface area (Å²) >= 11 is 0. The number of aryl methyl sites for hydroxylation is 1. The number of hydrogen-bond acceptors (Lipinski definition) is 8. The molecule has 1 amide bonds. The van der Waals surface area contributed by atoms with Gasteiger partial charge in [0, 0.05) is 0 Å². The number of carbonyl (C=O) groups excluding carboxylic acids is 2. The van der Waals surface area contributed by atoms with Crippen LogP contribution >= 0.6 is 9.42 Å². The fourth-order valence-electron chi connectivity index (χ4n) is 1.89. The number of rotatable bonds is 4. The van der Waals surface area contributed by atoms with Crippen molar-refractivity contribution in [2.24, 2.45) is 10.2 Å². The summed E-state index contributed by atoms with van der Waals surface area (Å²) in [6, 6.07) is 6.42. The molecule has 4 N–H and O–H groups in total. The van der Waals surface area contributed by atoms with Gasteiger partial charge in [-0.25, -0.2) is 4.79 Å². The Morgan fingerprint density at radius 2 is 1.70 bits per heavy atom. The summed E-state index contributed by atoms with van der Waals surface area (Å²) in [5.74, 6) is -0.473. The largest absolute Gasteiger partial charge is 0.465 e. The Kier molecular flexibility index (Phi) is 3.71. The minimum absolute atomic E-state index is 0.0661. The normalized spacial score (nSPS) is 23.7. The number of hydrogen-bond donors (Lipinski definition) is 4. The Morgan fingerprint density at radius 3 is 2.22 bits per heavy atom. The average molecular weight is 344 g/mol. The van der Waals surface area contributed by atoms with Crippen molar-refractivity contribution in [3.63, 3.8) is 0 Å². The molecule has 23 heavy (non-hydrogen) atoms. The topological polar surface area (TPSA) is 149 Å². The van der Waals surface area contributed by atoms with E-state index < -0.39 is 20.6 Å². The average Bonchev–Trinajstić information content (AvgIpc) is 2.47. The van der Waals surface area contributed by atoms with Gasteiger partial charge in [-0.1, -0.05) is 17.2 Å². The van der Waals surface area contributed by atoms with E-state index in [4.69, 9.17) is 0 Å². The quantitative estimate of drug-likeness (QED) is 0.609. The number of amides is 1. The predicted octanol–water partition coefficient (Wildman–Crippen LogP) is 3.60. The van der Waals surface area contributed by atoms with Gasteiger partial charge in [-0.05, 0) is 30.5 Å². The molecule has 0 unspecified atom stereocenters. The molecule has 0 bridgehead atoms. The van der Waals surface area contributed by atoms with Crippen LogP contribution in [0.15, 0.2) is 45.6 Å². The summed E-state index contributed by atoms with van der Waals surface area (Å²) in [7, 11) is -5.69. The lowest BCUT2D eigenvalue weighted by Gasteiger charge is -2.55. The highest BCUT2D eigenvalue weighted by Gasteiger charge is 2.59. The molecule has 1 heterocycles. The number of nitrogens with zero attached hydrogens (tertiary/aromatic N) is 2. The number of ether oxygens (including phenoxy) is 1. The maximum absolute atomic E-state index is 11.3. The minimum atomic E-state index is -6.96. The lowest BCUT2D eigenvalue weighted by atomic mass is 10.1. The number of allylic oxidation sites excluding steroid dienone is 1. The first-order chi connectivity index (χ1) is 10.4. The van der Waals surface area contributed by atoms with Crippen molar-refractivity contribution in [1.82, 2.24) is 0 Å². The smallest absolute Gasteiger partial charge is 0.377 e. The second-order valence-corrected chi connectivity index (χ2v) is 8.53. The molecular formula is C13H16N2O7S. The highest BCUT2D eigenvalue weighted by atomic mass is 32.4. The molecule has 10 heteroatoms. The van der Waals surface area contributed by atoms with Crippen LogP contribution in [-0.4, -0.2) is 36.5 Å². The van der Waals surface area contributed by atoms with Crippen LogP contribution in [0.4, 0.5) is 4.79 Å². The number of azo groups is 1. The van der Waals surface area contributed by atoms with Crippen LogP contribution in [0.2, 0.25) is 0 Å². The third-order valence-electron chi connectivity index (χ3n) is 3.12. The monoisotopic (exact) mass is 344 g/mol. The highest BCUT2D eigenvalue weighted by molar-refractivity contribution is 8.60. The Labute approximate surface area is 130 Å². The van der Waals surface area contributed by atoms with E-state index in [-0.39, 0.29) is 17.5 Å². The fourth-order valence-corrected chi connectivity index (χ4v) is 3.02. The van der Waals surface area contributed by atoms with Gasteiger partial charge in [-0.15, -0.1) is 0 Å². The first-order valence-corrected chi connectivity index (χ1v) is 8.75. The molecule has 1 aromatic rings. The van der Waals surface area contributed by atoms with Crippen molar-refractivity contribution in [1.29, 1.82) is 0 Å². The summed E-state index contributed by atoms with van der Waals surface area (Å²) < 4.78 is 42.6. The van der Waals surface area contributed by atoms with E-state index in [9.17, 15) is 27.8 Å². The van der Waals surface area contributed by atoms with E-state index in [1.807, 2.05) is 0 Å². The standard InChI is InChI=1S/C13H16N2O7S/c1-22-12(16)10-5-2-9(3-6-10)4-7-11-8-23(18,19,20,21)13(17)15-14-11/h2-3,5-6,8,18-21H,4,7H2,1H3. The fraction of sp³-hybridized carbons (Fsp3) is 0.231. The Balaban J connectivity index is 2.12. The molecule has 126 valence electrons. The molecule has 0 saturated carbocycles. The molecule has 0 saturated heterocycles. The minimum Gasteiger partial charge on any atom is -0.465 e. The second-order valence-electron chi connectivity index (χ2n) is 5.16. The third kappa shape index (κ3) is 3.81. The summed E-state index contributed by atoms with van der Waals surface area (Å²) in [5.41, 5.74) is 0.988. The Bertz CT molecular complexity index is 731. The van der Waals surface area contributed by atoms with Crippen LogP contribution in [0, 0.1) is 0 Å². The maximum atomic E-state index is 11.3. The van der Waals surface area contributed by atoms with Gasteiger partial charge in [0.1, 0.15) is 9.42 Å². The molecular weight excluding hydrogens is 328 g/mol. The van der Waals surface area contributed by atoms with Crippen molar-refractivity contribution in [2.75, 3.05) is 7.11 Å². The van der Waals surface area contributed by atoms with E-state index in [0.29, 0.717) is 12.0 Å². The van der Waals surface area contributed by atoms with E-state index >= 15 is 0 Å². The summed E-state index contributed by atoms with van der Waals surface area (Å²) in [5, 5.41) is 4.64. The molecule has 0 aliphatic carbocycles. The maximum Gasteiger partial charge on any atom is 0.377 e. The first kappa shape index (κ1) is 17.2.